The average Bonchev–Trinajstić information content (AvgIpc) is 2.16. The molecule has 0 bridgehead atoms. The van der Waals surface area contributed by atoms with Crippen LogP contribution in [0.3, 0.4) is 0 Å². The van der Waals surface area contributed by atoms with Gasteiger partial charge < -0.3 is 16.2 Å². The van der Waals surface area contributed by atoms with Crippen LogP contribution in [0.2, 0.25) is 0 Å². The zero-order valence-corrected chi connectivity index (χ0v) is 11.5. The van der Waals surface area contributed by atoms with Crippen molar-refractivity contribution < 1.29 is 45.5 Å². The van der Waals surface area contributed by atoms with Gasteiger partial charge in [-0.2, -0.15) is 5.21 Å². The van der Waals surface area contributed by atoms with Crippen molar-refractivity contribution in [3.63, 3.8) is 0 Å². The summed E-state index contributed by atoms with van der Waals surface area (Å²) in [6.45, 7) is 4.27. The van der Waals surface area contributed by atoms with E-state index in [0.29, 0.717) is 5.92 Å². The molecule has 0 aromatic heterocycles. The maximum absolute atomic E-state index is 8.90. The number of quaternary nitrogens is 1. The van der Waals surface area contributed by atoms with E-state index in [2.05, 4.69) is 19.7 Å². The number of aliphatic hydroxyl groups is 1. The molecule has 0 aromatic rings. The molecule has 0 fully saturated rings. The summed E-state index contributed by atoms with van der Waals surface area (Å²) in [5.41, 5.74) is 1.00. The minimum atomic E-state index is 0. The second kappa shape index (κ2) is 13.8. The molecule has 0 saturated heterocycles. The van der Waals surface area contributed by atoms with Gasteiger partial charge in [0.05, 0.1) is 12.6 Å². The van der Waals surface area contributed by atoms with Gasteiger partial charge in [0.2, 0.25) is 0 Å². The topological polar surface area (TPSA) is 109 Å². The van der Waals surface area contributed by atoms with E-state index in [1.54, 1.807) is 12.1 Å². The molecule has 0 spiro atoms. The normalized spacial score (nSPS) is 11.8. The van der Waals surface area contributed by atoms with Gasteiger partial charge in [-0.3, -0.25) is 0 Å². The SMILES string of the molecule is CC(C)CC(CO)N(C)[NH2+]O.N[O-].[Na+]. The second-order valence-corrected chi connectivity index (χ2v) is 3.25. The average molecular weight is 218 g/mol. The molecular weight excluding hydrogens is 197 g/mol. The Bertz CT molecular complexity index is 108. The van der Waals surface area contributed by atoms with E-state index in [-0.39, 0.29) is 42.2 Å². The number of nitrogens with zero attached hydrogens (tertiary/aromatic N) is 1. The van der Waals surface area contributed by atoms with Gasteiger partial charge in [-0.05, 0) is 12.3 Å². The van der Waals surface area contributed by atoms with Crippen molar-refractivity contribution in [2.45, 2.75) is 26.3 Å². The van der Waals surface area contributed by atoms with Gasteiger partial charge in [0.15, 0.2) is 0 Å². The van der Waals surface area contributed by atoms with Crippen molar-refractivity contribution in [1.82, 2.24) is 5.01 Å². The van der Waals surface area contributed by atoms with E-state index in [1.165, 1.54) is 0 Å². The Kier molecular flexibility index (Phi) is 19.9. The van der Waals surface area contributed by atoms with Crippen LogP contribution in [0.25, 0.3) is 0 Å². The number of hydrogen-bond acceptors (Lipinski definition) is 5. The minimum Gasteiger partial charge on any atom is -0.790 e. The first-order valence-electron chi connectivity index (χ1n) is 4.15. The van der Waals surface area contributed by atoms with E-state index in [4.69, 9.17) is 15.5 Å². The third-order valence-electron chi connectivity index (χ3n) is 1.71. The van der Waals surface area contributed by atoms with E-state index in [0.717, 1.165) is 12.0 Å². The molecule has 0 aliphatic carbocycles. The molecular formula is C7H21N3NaO3+. The Balaban J connectivity index is -0.000000376. The van der Waals surface area contributed by atoms with Crippen molar-refractivity contribution in [3.05, 3.63) is 5.21 Å². The van der Waals surface area contributed by atoms with Crippen molar-refractivity contribution >= 4 is 0 Å². The van der Waals surface area contributed by atoms with Crippen LogP contribution in [-0.4, -0.2) is 35.0 Å². The molecule has 0 radical (unpaired) electrons. The molecule has 0 aliphatic rings. The van der Waals surface area contributed by atoms with Gasteiger partial charge in [0.25, 0.3) is 0 Å². The molecule has 1 atom stereocenters. The zero-order valence-electron chi connectivity index (χ0n) is 9.47. The van der Waals surface area contributed by atoms with Crippen LogP contribution >= 0.6 is 0 Å². The van der Waals surface area contributed by atoms with Crippen molar-refractivity contribution in [1.29, 1.82) is 0 Å². The number of likely N-dealkylation sites (N-methyl/N-ethyl adjacent to an activating group) is 1. The Morgan fingerprint density at radius 2 is 1.86 bits per heavy atom. The van der Waals surface area contributed by atoms with E-state index in [9.17, 15) is 0 Å². The van der Waals surface area contributed by atoms with Gasteiger partial charge in [0, 0.05) is 7.05 Å². The summed E-state index contributed by atoms with van der Waals surface area (Å²) in [4.78, 5) is 0. The molecule has 0 amide bonds. The molecule has 6 N–H and O–H groups in total. The molecule has 7 heteroatoms. The van der Waals surface area contributed by atoms with Crippen LogP contribution in [-0.2, 0) is 0 Å². The smallest absolute Gasteiger partial charge is 0.790 e. The van der Waals surface area contributed by atoms with Crippen LogP contribution < -0.4 is 41.0 Å². The fourth-order valence-electron chi connectivity index (χ4n) is 1.01. The Morgan fingerprint density at radius 1 is 1.43 bits per heavy atom. The molecule has 0 heterocycles. The van der Waals surface area contributed by atoms with Gasteiger partial charge in [0.1, 0.15) is 0 Å². The predicted molar refractivity (Wildman–Crippen MR) is 49.4 cm³/mol. The quantitative estimate of drug-likeness (QED) is 0.212. The maximum Gasteiger partial charge on any atom is 1.00 e. The van der Waals surface area contributed by atoms with Gasteiger partial charge in [-0.1, -0.05) is 13.8 Å². The molecule has 14 heavy (non-hydrogen) atoms. The fourth-order valence-corrected chi connectivity index (χ4v) is 1.01. The van der Waals surface area contributed by atoms with Crippen LogP contribution in [0.5, 0.6) is 0 Å². The Labute approximate surface area is 107 Å². The Hall–Kier alpha value is 0.760. The summed E-state index contributed by atoms with van der Waals surface area (Å²) in [5, 5.41) is 26.9. The molecule has 0 rings (SSSR count). The van der Waals surface area contributed by atoms with Crippen LogP contribution in [0.1, 0.15) is 20.3 Å². The van der Waals surface area contributed by atoms with Crippen molar-refractivity contribution in [2.24, 2.45) is 11.8 Å². The standard InChI is InChI=1S/C7H18N2O2.H2NO.Na/c1-6(2)4-7(5-10)9(3)8-11;1-2;/h6-8,10-11H,4-5H2,1-3H3;1H2;/q;-1;+1/p+1. The maximum atomic E-state index is 8.90. The largest absolute Gasteiger partial charge is 1.00 e. The van der Waals surface area contributed by atoms with Gasteiger partial charge in [-0.15, -0.1) is 10.6 Å². The van der Waals surface area contributed by atoms with E-state index >= 15 is 0 Å². The first kappa shape index (κ1) is 20.2. The number of aliphatic hydroxyl groups excluding tert-OH is 1. The van der Waals surface area contributed by atoms with Crippen molar-refractivity contribution in [2.75, 3.05) is 13.7 Å². The zero-order chi connectivity index (χ0) is 10.9. The predicted octanol–water partition coefficient (Wildman–Crippen LogP) is -4.36. The monoisotopic (exact) mass is 218 g/mol. The van der Waals surface area contributed by atoms with Crippen LogP contribution in [0.4, 0.5) is 0 Å². The molecule has 82 valence electrons. The summed E-state index contributed by atoms with van der Waals surface area (Å²) < 4.78 is 0. The first-order valence-corrected chi connectivity index (χ1v) is 4.15. The van der Waals surface area contributed by atoms with Crippen molar-refractivity contribution in [3.8, 4) is 0 Å². The van der Waals surface area contributed by atoms with E-state index < -0.39 is 0 Å². The molecule has 0 aliphatic heterocycles. The fraction of sp³-hybridized carbons (Fsp3) is 1.00. The second-order valence-electron chi connectivity index (χ2n) is 3.25. The molecule has 0 aromatic carbocycles. The third-order valence-corrected chi connectivity index (χ3v) is 1.71. The number of rotatable bonds is 5. The van der Waals surface area contributed by atoms with Crippen LogP contribution in [0, 0.1) is 11.1 Å². The van der Waals surface area contributed by atoms with Gasteiger partial charge in [-0.25, -0.2) is 0 Å². The third kappa shape index (κ3) is 10.8. The summed E-state index contributed by atoms with van der Waals surface area (Å²) >= 11 is 0. The summed E-state index contributed by atoms with van der Waals surface area (Å²) in [6.07, 6.45) is 0.893. The first-order chi connectivity index (χ1) is 6.11. The summed E-state index contributed by atoms with van der Waals surface area (Å²) in [5.74, 6) is 3.79. The molecule has 0 saturated carbocycles. The molecule has 1 unspecified atom stereocenters. The molecule has 6 nitrogen and oxygen atoms in total. The minimum absolute atomic E-state index is 0. The number of hydrogen-bond donors (Lipinski definition) is 4. The van der Waals surface area contributed by atoms with Crippen LogP contribution in [0.15, 0.2) is 0 Å². The summed E-state index contributed by atoms with van der Waals surface area (Å²) in [7, 11) is 1.75. The van der Waals surface area contributed by atoms with E-state index in [1.807, 2.05) is 0 Å². The number of nitrogens with two attached hydrogens (primary N) is 2. The Morgan fingerprint density at radius 3 is 2.07 bits per heavy atom. The van der Waals surface area contributed by atoms with Gasteiger partial charge >= 0.3 is 29.6 Å². The summed E-state index contributed by atoms with van der Waals surface area (Å²) in [6, 6.07) is 0.0417.